The molecule has 122 valence electrons. The van der Waals surface area contributed by atoms with Gasteiger partial charge in [0.05, 0.1) is 10.7 Å². The number of benzene rings is 1. The fourth-order valence-electron chi connectivity index (χ4n) is 2.13. The molecule has 0 aliphatic carbocycles. The Balaban J connectivity index is 1.69. The predicted molar refractivity (Wildman–Crippen MR) is 90.2 cm³/mol. The number of rotatable bonds is 5. The molecule has 8 nitrogen and oxygen atoms in total. The van der Waals surface area contributed by atoms with Crippen LogP contribution in [0.5, 0.6) is 0 Å². The number of fused-ring (bicyclic) bond motifs is 1. The molecule has 3 rings (SSSR count). The maximum Gasteiger partial charge on any atom is 0.293 e. The Bertz CT molecular complexity index is 924. The van der Waals surface area contributed by atoms with Crippen LogP contribution in [0.4, 0.5) is 11.4 Å². The normalized spacial score (nSPS) is 10.7. The van der Waals surface area contributed by atoms with Crippen molar-refractivity contribution in [1.82, 2.24) is 14.6 Å². The molecule has 0 aliphatic heterocycles. The van der Waals surface area contributed by atoms with Gasteiger partial charge in [0.15, 0.2) is 10.8 Å². The van der Waals surface area contributed by atoms with Gasteiger partial charge in [-0.3, -0.25) is 19.3 Å². The highest BCUT2D eigenvalue weighted by Crippen LogP contribution is 2.26. The summed E-state index contributed by atoms with van der Waals surface area (Å²) in [5.74, 6) is -0.277. The fourth-order valence-corrected chi connectivity index (χ4v) is 2.86. The molecular formula is C15H13N5O3S. The molecule has 0 atom stereocenters. The van der Waals surface area contributed by atoms with Crippen LogP contribution in [0.2, 0.25) is 0 Å². The number of thioether (sulfide) groups is 1. The number of nitro benzene ring substituents is 1. The van der Waals surface area contributed by atoms with Crippen molar-refractivity contribution < 1.29 is 9.72 Å². The summed E-state index contributed by atoms with van der Waals surface area (Å²) in [4.78, 5) is 22.7. The van der Waals surface area contributed by atoms with Crippen LogP contribution in [0.1, 0.15) is 5.56 Å². The van der Waals surface area contributed by atoms with Gasteiger partial charge in [-0.15, -0.1) is 10.2 Å². The zero-order valence-corrected chi connectivity index (χ0v) is 13.5. The van der Waals surface area contributed by atoms with E-state index in [0.717, 1.165) is 5.56 Å². The number of nitro groups is 1. The molecule has 2 heterocycles. The van der Waals surface area contributed by atoms with Crippen molar-refractivity contribution in [2.75, 3.05) is 11.1 Å². The van der Waals surface area contributed by atoms with E-state index in [2.05, 4.69) is 15.5 Å². The minimum Gasteiger partial charge on any atom is -0.320 e. The average Bonchev–Trinajstić information content (AvgIpc) is 2.97. The molecule has 0 fully saturated rings. The number of pyridine rings is 1. The van der Waals surface area contributed by atoms with Crippen molar-refractivity contribution >= 4 is 34.7 Å². The molecule has 3 aromatic rings. The fraction of sp³-hybridized carbons (Fsp3) is 0.133. The van der Waals surface area contributed by atoms with E-state index in [9.17, 15) is 14.9 Å². The van der Waals surface area contributed by atoms with E-state index < -0.39 is 4.92 Å². The third kappa shape index (κ3) is 3.35. The van der Waals surface area contributed by atoms with Crippen LogP contribution in [0.15, 0.2) is 47.8 Å². The Morgan fingerprint density at radius 1 is 1.33 bits per heavy atom. The highest BCUT2D eigenvalue weighted by atomic mass is 32.2. The van der Waals surface area contributed by atoms with Crippen molar-refractivity contribution in [1.29, 1.82) is 0 Å². The first kappa shape index (κ1) is 15.9. The van der Waals surface area contributed by atoms with Crippen LogP contribution in [0, 0.1) is 17.0 Å². The molecule has 0 unspecified atom stereocenters. The zero-order valence-electron chi connectivity index (χ0n) is 12.7. The van der Waals surface area contributed by atoms with Gasteiger partial charge in [0.25, 0.3) is 5.69 Å². The number of carbonyl (C=O) groups excluding carboxylic acids is 1. The van der Waals surface area contributed by atoms with E-state index in [4.69, 9.17) is 0 Å². The molecular weight excluding hydrogens is 330 g/mol. The first-order valence-corrected chi connectivity index (χ1v) is 8.00. The Kier molecular flexibility index (Phi) is 4.43. The molecule has 1 aromatic carbocycles. The van der Waals surface area contributed by atoms with Crippen LogP contribution in [0.25, 0.3) is 5.65 Å². The van der Waals surface area contributed by atoms with Crippen molar-refractivity contribution in [3.8, 4) is 0 Å². The number of aromatic nitrogens is 3. The summed E-state index contributed by atoms with van der Waals surface area (Å²) in [6.07, 6.45) is 1.81. The van der Waals surface area contributed by atoms with Crippen molar-refractivity contribution in [2.45, 2.75) is 12.1 Å². The maximum absolute atomic E-state index is 12.1. The number of amides is 1. The third-order valence-electron chi connectivity index (χ3n) is 3.24. The lowest BCUT2D eigenvalue weighted by Crippen LogP contribution is -2.15. The van der Waals surface area contributed by atoms with Gasteiger partial charge in [-0.25, -0.2) is 0 Å². The lowest BCUT2D eigenvalue weighted by molar-refractivity contribution is -0.384. The lowest BCUT2D eigenvalue weighted by atomic mass is 10.2. The summed E-state index contributed by atoms with van der Waals surface area (Å²) in [5, 5.41) is 22.2. The average molecular weight is 343 g/mol. The third-order valence-corrected chi connectivity index (χ3v) is 4.18. The van der Waals surface area contributed by atoms with Crippen LogP contribution >= 0.6 is 11.8 Å². The second-order valence-corrected chi connectivity index (χ2v) is 5.97. The molecule has 9 heteroatoms. The smallest absolute Gasteiger partial charge is 0.293 e. The van der Waals surface area contributed by atoms with E-state index in [0.29, 0.717) is 10.8 Å². The van der Waals surface area contributed by atoms with E-state index in [1.54, 1.807) is 23.6 Å². The van der Waals surface area contributed by atoms with Gasteiger partial charge in [-0.05, 0) is 30.7 Å². The largest absolute Gasteiger partial charge is 0.320 e. The zero-order chi connectivity index (χ0) is 17.1. The van der Waals surface area contributed by atoms with Crippen molar-refractivity contribution in [3.05, 3.63) is 58.3 Å². The monoisotopic (exact) mass is 343 g/mol. The van der Waals surface area contributed by atoms with Gasteiger partial charge in [0.2, 0.25) is 5.91 Å². The Morgan fingerprint density at radius 3 is 2.96 bits per heavy atom. The summed E-state index contributed by atoms with van der Waals surface area (Å²) < 4.78 is 1.77. The second-order valence-electron chi connectivity index (χ2n) is 5.03. The standard InChI is InChI=1S/C15H13N5O3S/c1-10-5-6-11(12(8-10)20(22)23)16-14(21)9-24-15-18-17-13-4-2-3-7-19(13)15/h2-8H,9H2,1H3,(H,16,21). The highest BCUT2D eigenvalue weighted by molar-refractivity contribution is 7.99. The molecule has 0 aliphatic rings. The van der Waals surface area contributed by atoms with Crippen LogP contribution < -0.4 is 5.32 Å². The number of anilines is 1. The SMILES string of the molecule is Cc1ccc(NC(=O)CSc2nnc3ccccn23)c([N+](=O)[O-])c1. The minimum atomic E-state index is -0.512. The van der Waals surface area contributed by atoms with Gasteiger partial charge in [-0.1, -0.05) is 23.9 Å². The molecule has 1 N–H and O–H groups in total. The van der Waals surface area contributed by atoms with Gasteiger partial charge >= 0.3 is 0 Å². The number of aryl methyl sites for hydroxylation is 1. The van der Waals surface area contributed by atoms with Crippen LogP contribution in [0.3, 0.4) is 0 Å². The summed E-state index contributed by atoms with van der Waals surface area (Å²) in [5.41, 5.74) is 1.50. The van der Waals surface area contributed by atoms with Crippen LogP contribution in [-0.2, 0) is 4.79 Å². The number of hydrogen-bond donors (Lipinski definition) is 1. The molecule has 0 spiro atoms. The molecule has 24 heavy (non-hydrogen) atoms. The lowest BCUT2D eigenvalue weighted by Gasteiger charge is -2.06. The molecule has 1 amide bonds. The molecule has 0 saturated carbocycles. The quantitative estimate of drug-likeness (QED) is 0.434. The topological polar surface area (TPSA) is 102 Å². The number of carbonyl (C=O) groups is 1. The summed E-state index contributed by atoms with van der Waals surface area (Å²) >= 11 is 1.21. The van der Waals surface area contributed by atoms with E-state index >= 15 is 0 Å². The number of nitrogens with zero attached hydrogens (tertiary/aromatic N) is 4. The number of nitrogens with one attached hydrogen (secondary N) is 1. The predicted octanol–water partition coefficient (Wildman–Crippen LogP) is 2.68. The molecule has 0 bridgehead atoms. The Hall–Kier alpha value is -2.94. The Morgan fingerprint density at radius 2 is 2.17 bits per heavy atom. The second kappa shape index (κ2) is 6.67. The van der Waals surface area contributed by atoms with E-state index in [-0.39, 0.29) is 23.0 Å². The molecule has 0 saturated heterocycles. The first-order valence-electron chi connectivity index (χ1n) is 7.02. The highest BCUT2D eigenvalue weighted by Gasteiger charge is 2.16. The van der Waals surface area contributed by atoms with Crippen LogP contribution in [-0.4, -0.2) is 31.2 Å². The van der Waals surface area contributed by atoms with E-state index in [1.165, 1.54) is 23.9 Å². The summed E-state index contributed by atoms with van der Waals surface area (Å²) in [7, 11) is 0. The van der Waals surface area contributed by atoms with Gasteiger partial charge in [0.1, 0.15) is 5.69 Å². The Labute approximate surface area is 141 Å². The van der Waals surface area contributed by atoms with Crippen molar-refractivity contribution in [3.63, 3.8) is 0 Å². The number of hydrogen-bond acceptors (Lipinski definition) is 6. The molecule has 2 aromatic heterocycles. The molecule has 0 radical (unpaired) electrons. The van der Waals surface area contributed by atoms with Gasteiger partial charge < -0.3 is 5.32 Å². The van der Waals surface area contributed by atoms with Crippen molar-refractivity contribution in [2.24, 2.45) is 0 Å². The maximum atomic E-state index is 12.1. The van der Waals surface area contributed by atoms with Gasteiger partial charge in [-0.2, -0.15) is 0 Å². The van der Waals surface area contributed by atoms with E-state index in [1.807, 2.05) is 18.2 Å². The first-order chi connectivity index (χ1) is 11.5. The summed E-state index contributed by atoms with van der Waals surface area (Å²) in [6.45, 7) is 1.75. The minimum absolute atomic E-state index is 0.0702. The summed E-state index contributed by atoms with van der Waals surface area (Å²) in [6, 6.07) is 10.2. The van der Waals surface area contributed by atoms with Gasteiger partial charge in [0, 0.05) is 12.3 Å².